The molecule has 0 saturated heterocycles. The summed E-state index contributed by atoms with van der Waals surface area (Å²) in [5.74, 6) is 0. The van der Waals surface area contributed by atoms with Gasteiger partial charge in [0.2, 0.25) is 0 Å². The number of nitrogens with one attached hydrogen (secondary N) is 1. The molecule has 0 fully saturated rings. The van der Waals surface area contributed by atoms with E-state index in [0.29, 0.717) is 0 Å². The summed E-state index contributed by atoms with van der Waals surface area (Å²) in [4.78, 5) is 0. The molecule has 0 atom stereocenters. The highest BCUT2D eigenvalue weighted by atomic mass is 14.8. The second kappa shape index (κ2) is 13.4. The number of hydrogen-bond donors (Lipinski definition) is 1. The molecule has 0 aliphatic heterocycles. The maximum Gasteiger partial charge on any atom is 0.0379 e. The number of rotatable bonds is 10. The van der Waals surface area contributed by atoms with Crippen molar-refractivity contribution >= 4 is 16.8 Å². The topological polar surface area (TPSA) is 12.0 Å². The lowest BCUT2D eigenvalue weighted by molar-refractivity contribution is 1.55. The Bertz CT molecular complexity index is 978. The summed E-state index contributed by atoms with van der Waals surface area (Å²) >= 11 is 0. The molecule has 1 heteroatoms. The second-order valence-corrected chi connectivity index (χ2v) is 6.41. The lowest BCUT2D eigenvalue weighted by atomic mass is 9.99. The highest BCUT2D eigenvalue weighted by molar-refractivity contribution is 5.79. The van der Waals surface area contributed by atoms with Gasteiger partial charge in [0, 0.05) is 11.9 Å². The van der Waals surface area contributed by atoms with Gasteiger partial charge in [-0.05, 0) is 47.4 Å². The smallest absolute Gasteiger partial charge is 0.0379 e. The maximum absolute atomic E-state index is 3.85. The van der Waals surface area contributed by atoms with Crippen LogP contribution in [-0.4, -0.2) is 0 Å². The zero-order chi connectivity index (χ0) is 21.4. The van der Waals surface area contributed by atoms with Crippen LogP contribution < -0.4 is 5.32 Å². The summed E-state index contributed by atoms with van der Waals surface area (Å²) in [6.07, 6.45) is 23.8. The number of hydrogen-bond acceptors (Lipinski definition) is 1. The summed E-state index contributed by atoms with van der Waals surface area (Å²) in [5, 5.41) is 3.29. The van der Waals surface area contributed by atoms with Crippen molar-refractivity contribution in [2.75, 3.05) is 5.32 Å². The monoisotopic (exact) mass is 391 g/mol. The third-order valence-electron chi connectivity index (χ3n) is 4.24. The minimum absolute atomic E-state index is 1.05. The molecule has 0 heterocycles. The minimum atomic E-state index is 1.05. The van der Waals surface area contributed by atoms with Crippen LogP contribution >= 0.6 is 0 Å². The fraction of sp³-hybridized carbons (Fsp3) is 0.0345. The van der Waals surface area contributed by atoms with Crippen LogP contribution in [0.1, 0.15) is 18.1 Å². The molecule has 0 unspecified atom stereocenters. The summed E-state index contributed by atoms with van der Waals surface area (Å²) in [7, 11) is 0. The Kier molecular flexibility index (Phi) is 9.99. The average molecular weight is 392 g/mol. The minimum Gasteiger partial charge on any atom is -0.362 e. The van der Waals surface area contributed by atoms with Crippen molar-refractivity contribution in [2.24, 2.45) is 0 Å². The Hall–Kier alpha value is -3.84. The highest BCUT2D eigenvalue weighted by Crippen LogP contribution is 2.22. The van der Waals surface area contributed by atoms with Crippen LogP contribution in [-0.2, 0) is 0 Å². The SMILES string of the molecule is C=C/C=C/C=C(\C=C/C=C/C)c1ccc(C(/C=C\Nc2ccccc2)=C/C=C)cc1. The van der Waals surface area contributed by atoms with Gasteiger partial charge in [-0.1, -0.05) is 116 Å². The molecule has 1 N–H and O–H groups in total. The van der Waals surface area contributed by atoms with E-state index < -0.39 is 0 Å². The average Bonchev–Trinajstić information content (AvgIpc) is 2.79. The summed E-state index contributed by atoms with van der Waals surface area (Å²) in [6.45, 7) is 9.59. The first-order valence-electron chi connectivity index (χ1n) is 9.99. The second-order valence-electron chi connectivity index (χ2n) is 6.41. The zero-order valence-corrected chi connectivity index (χ0v) is 17.5. The lowest BCUT2D eigenvalue weighted by Crippen LogP contribution is -1.88. The van der Waals surface area contributed by atoms with Gasteiger partial charge >= 0.3 is 0 Å². The van der Waals surface area contributed by atoms with Gasteiger partial charge in [-0.2, -0.15) is 0 Å². The van der Waals surface area contributed by atoms with Crippen molar-refractivity contribution in [3.05, 3.63) is 152 Å². The van der Waals surface area contributed by atoms with Crippen LogP contribution in [0, 0.1) is 0 Å². The van der Waals surface area contributed by atoms with Crippen LogP contribution in [0.25, 0.3) is 11.1 Å². The van der Waals surface area contributed by atoms with Gasteiger partial charge in [-0.15, -0.1) is 0 Å². The van der Waals surface area contributed by atoms with E-state index in [9.17, 15) is 0 Å². The van der Waals surface area contributed by atoms with Crippen LogP contribution in [0.4, 0.5) is 5.69 Å². The molecule has 1 nitrogen and oxygen atoms in total. The maximum atomic E-state index is 3.85. The third kappa shape index (κ3) is 7.65. The van der Waals surface area contributed by atoms with E-state index in [-0.39, 0.29) is 0 Å². The molecule has 0 amide bonds. The Morgan fingerprint density at radius 2 is 1.37 bits per heavy atom. The number of para-hydroxylation sites is 1. The van der Waals surface area contributed by atoms with E-state index in [1.54, 1.807) is 12.2 Å². The molecule has 2 aromatic rings. The van der Waals surface area contributed by atoms with Crippen molar-refractivity contribution in [3.8, 4) is 0 Å². The first-order valence-corrected chi connectivity index (χ1v) is 9.99. The molecule has 0 aliphatic carbocycles. The van der Waals surface area contributed by atoms with Gasteiger partial charge in [0.15, 0.2) is 0 Å². The lowest BCUT2D eigenvalue weighted by Gasteiger charge is -2.07. The fourth-order valence-electron chi connectivity index (χ4n) is 2.75. The van der Waals surface area contributed by atoms with Crippen molar-refractivity contribution < 1.29 is 0 Å². The molecule has 0 aliphatic rings. The standard InChI is InChI=1S/C29H29N/c1-4-7-10-15-26(16-11-8-5-2)28-21-19-27(20-22-28)25(14-6-3)23-24-30-29-17-12-9-13-18-29/h4-24,30H,1,3H2,2H3/b8-5+,10-7+,16-11-,24-23-,25-14+,26-15+. The molecule has 30 heavy (non-hydrogen) atoms. The van der Waals surface area contributed by atoms with Gasteiger partial charge < -0.3 is 5.32 Å². The Morgan fingerprint density at radius 3 is 1.97 bits per heavy atom. The van der Waals surface area contributed by atoms with Gasteiger partial charge in [0.25, 0.3) is 0 Å². The largest absolute Gasteiger partial charge is 0.362 e. The summed E-state index contributed by atoms with van der Waals surface area (Å²) < 4.78 is 0. The van der Waals surface area contributed by atoms with Gasteiger partial charge in [-0.25, -0.2) is 0 Å². The van der Waals surface area contributed by atoms with E-state index in [0.717, 1.165) is 28.0 Å². The molecule has 150 valence electrons. The van der Waals surface area contributed by atoms with E-state index in [1.165, 1.54) is 0 Å². The van der Waals surface area contributed by atoms with Crippen molar-refractivity contribution in [1.29, 1.82) is 0 Å². The number of allylic oxidation sites excluding steroid dienone is 13. The van der Waals surface area contributed by atoms with Crippen LogP contribution in [0.15, 0.2) is 141 Å². The summed E-state index contributed by atoms with van der Waals surface area (Å²) in [5.41, 5.74) is 5.55. The molecular weight excluding hydrogens is 362 g/mol. The van der Waals surface area contributed by atoms with Crippen LogP contribution in [0.3, 0.4) is 0 Å². The van der Waals surface area contributed by atoms with E-state index in [2.05, 4.69) is 61.0 Å². The first kappa shape index (κ1) is 22.4. The third-order valence-corrected chi connectivity index (χ3v) is 4.24. The molecule has 0 radical (unpaired) electrons. The Morgan fingerprint density at radius 1 is 0.700 bits per heavy atom. The molecule has 2 rings (SSSR count). The number of benzene rings is 2. The Balaban J connectivity index is 2.23. The Labute approximate surface area is 181 Å². The van der Waals surface area contributed by atoms with Gasteiger partial charge in [0.1, 0.15) is 0 Å². The normalized spacial score (nSPS) is 13.0. The predicted octanol–water partition coefficient (Wildman–Crippen LogP) is 8.14. The van der Waals surface area contributed by atoms with Crippen molar-refractivity contribution in [1.82, 2.24) is 0 Å². The van der Waals surface area contributed by atoms with Crippen LogP contribution in [0.2, 0.25) is 0 Å². The fourth-order valence-corrected chi connectivity index (χ4v) is 2.75. The molecule has 0 saturated carbocycles. The molecule has 2 aromatic carbocycles. The van der Waals surface area contributed by atoms with Crippen molar-refractivity contribution in [3.63, 3.8) is 0 Å². The van der Waals surface area contributed by atoms with E-state index in [4.69, 9.17) is 0 Å². The van der Waals surface area contributed by atoms with Gasteiger partial charge in [0.05, 0.1) is 0 Å². The van der Waals surface area contributed by atoms with E-state index in [1.807, 2.05) is 79.9 Å². The molecular formula is C29H29N. The summed E-state index contributed by atoms with van der Waals surface area (Å²) in [6, 6.07) is 18.6. The molecule has 0 spiro atoms. The first-order chi connectivity index (χ1) is 14.8. The number of anilines is 1. The van der Waals surface area contributed by atoms with Gasteiger partial charge in [-0.3, -0.25) is 0 Å². The van der Waals surface area contributed by atoms with Crippen molar-refractivity contribution in [2.45, 2.75) is 6.92 Å². The highest BCUT2D eigenvalue weighted by Gasteiger charge is 2.01. The zero-order valence-electron chi connectivity index (χ0n) is 17.5. The van der Waals surface area contributed by atoms with Crippen LogP contribution in [0.5, 0.6) is 0 Å². The quantitative estimate of drug-likeness (QED) is 0.403. The predicted molar refractivity (Wildman–Crippen MR) is 135 cm³/mol. The molecule has 0 bridgehead atoms. The molecule has 0 aromatic heterocycles. The van der Waals surface area contributed by atoms with E-state index >= 15 is 0 Å².